The van der Waals surface area contributed by atoms with Gasteiger partial charge in [0.1, 0.15) is 11.6 Å². The first-order valence-corrected chi connectivity index (χ1v) is 15.5. The maximum absolute atomic E-state index is 13.6. The number of fused-ring (bicyclic) bond motifs is 2. The minimum atomic E-state index is -0.667. The van der Waals surface area contributed by atoms with Gasteiger partial charge in [0, 0.05) is 44.2 Å². The third-order valence-electron chi connectivity index (χ3n) is 8.05. The van der Waals surface area contributed by atoms with Crippen molar-refractivity contribution in [3.8, 4) is 5.75 Å². The van der Waals surface area contributed by atoms with Crippen LogP contribution in [-0.2, 0) is 16.0 Å². The molecule has 2 unspecified atom stereocenters. The lowest BCUT2D eigenvalue weighted by molar-refractivity contribution is -0.131. The molecule has 5 rings (SSSR count). The zero-order valence-electron chi connectivity index (χ0n) is 24.2. The Bertz CT molecular complexity index is 1460. The Kier molecular flexibility index (Phi) is 10.3. The number of hydrogen-bond acceptors (Lipinski definition) is 5. The maximum Gasteiger partial charge on any atom is 0.249 e. The summed E-state index contributed by atoms with van der Waals surface area (Å²) in [6.45, 7) is 3.39. The summed E-state index contributed by atoms with van der Waals surface area (Å²) in [6.07, 6.45) is 1.92. The van der Waals surface area contributed by atoms with Crippen LogP contribution in [0.25, 0.3) is 5.57 Å². The fourth-order valence-corrected chi connectivity index (χ4v) is 6.18. The SMILES string of the molecule is CC(=O)N1CC2CC(c3ccc(CCCOc4cc(F)ccc4Br)cc3)=C(C(=O)NCC[C@H](O)c3ccccc3)C(C1)N2. The highest BCUT2D eigenvalue weighted by Gasteiger charge is 2.39. The second-order valence-electron chi connectivity index (χ2n) is 11.1. The number of halogens is 2. The first-order valence-electron chi connectivity index (χ1n) is 14.7. The number of amides is 2. The molecule has 0 saturated carbocycles. The number of nitrogens with one attached hydrogen (secondary N) is 2. The van der Waals surface area contributed by atoms with E-state index in [1.54, 1.807) is 13.0 Å². The molecule has 3 aromatic rings. The molecule has 2 aliphatic rings. The summed E-state index contributed by atoms with van der Waals surface area (Å²) in [5.41, 5.74) is 4.59. The number of nitrogens with zero attached hydrogens (tertiary/aromatic N) is 1. The van der Waals surface area contributed by atoms with Crippen LogP contribution in [0.15, 0.2) is 82.8 Å². The molecule has 2 heterocycles. The second kappa shape index (κ2) is 14.3. The number of aliphatic hydroxyl groups excluding tert-OH is 1. The van der Waals surface area contributed by atoms with Crippen LogP contribution in [0.3, 0.4) is 0 Å². The van der Waals surface area contributed by atoms with E-state index in [2.05, 4.69) is 50.8 Å². The molecule has 3 aromatic carbocycles. The first-order chi connectivity index (χ1) is 20.8. The van der Waals surface area contributed by atoms with Crippen LogP contribution < -0.4 is 15.4 Å². The van der Waals surface area contributed by atoms with Gasteiger partial charge in [-0.3, -0.25) is 9.59 Å². The summed E-state index contributed by atoms with van der Waals surface area (Å²) in [5, 5.41) is 17.1. The van der Waals surface area contributed by atoms with E-state index in [0.717, 1.165) is 39.6 Å². The molecule has 43 heavy (non-hydrogen) atoms. The zero-order chi connectivity index (χ0) is 30.3. The lowest BCUT2D eigenvalue weighted by atomic mass is 9.83. The number of piperazine rings is 1. The van der Waals surface area contributed by atoms with E-state index < -0.39 is 6.10 Å². The van der Waals surface area contributed by atoms with Crippen molar-refractivity contribution < 1.29 is 23.8 Å². The number of rotatable bonds is 11. The van der Waals surface area contributed by atoms with Crippen LogP contribution in [0.1, 0.15) is 49.0 Å². The topological polar surface area (TPSA) is 90.9 Å². The first kappa shape index (κ1) is 30.9. The summed E-state index contributed by atoms with van der Waals surface area (Å²) in [7, 11) is 0. The minimum Gasteiger partial charge on any atom is -0.492 e. The number of hydrogen-bond donors (Lipinski definition) is 3. The van der Waals surface area contributed by atoms with Crippen LogP contribution in [0.2, 0.25) is 0 Å². The Morgan fingerprint density at radius 1 is 1.12 bits per heavy atom. The van der Waals surface area contributed by atoms with Crippen LogP contribution in [0.4, 0.5) is 4.39 Å². The third-order valence-corrected chi connectivity index (χ3v) is 8.70. The molecule has 0 aromatic heterocycles. The van der Waals surface area contributed by atoms with Gasteiger partial charge in [0.25, 0.3) is 0 Å². The van der Waals surface area contributed by atoms with Gasteiger partial charge in [0.15, 0.2) is 0 Å². The number of aryl methyl sites for hydroxylation is 1. The fourth-order valence-electron chi connectivity index (χ4n) is 5.82. The molecule has 3 N–H and O–H groups in total. The van der Waals surface area contributed by atoms with Crippen molar-refractivity contribution in [2.75, 3.05) is 26.2 Å². The second-order valence-corrected chi connectivity index (χ2v) is 12.0. The van der Waals surface area contributed by atoms with Crippen LogP contribution in [0, 0.1) is 5.82 Å². The molecule has 2 bridgehead atoms. The molecule has 1 saturated heterocycles. The van der Waals surface area contributed by atoms with Crippen molar-refractivity contribution in [1.29, 1.82) is 0 Å². The van der Waals surface area contributed by atoms with Crippen molar-refractivity contribution >= 4 is 33.3 Å². The zero-order valence-corrected chi connectivity index (χ0v) is 25.8. The maximum atomic E-state index is 13.6. The molecule has 0 radical (unpaired) electrons. The van der Waals surface area contributed by atoms with Crippen LogP contribution in [-0.4, -0.2) is 60.1 Å². The van der Waals surface area contributed by atoms with Crippen molar-refractivity contribution in [3.63, 3.8) is 0 Å². The Morgan fingerprint density at radius 3 is 2.63 bits per heavy atom. The average molecular weight is 651 g/mol. The number of benzene rings is 3. The molecule has 0 aliphatic carbocycles. The van der Waals surface area contributed by atoms with Gasteiger partial charge in [-0.1, -0.05) is 54.6 Å². The normalized spacial score (nSPS) is 18.7. The predicted molar refractivity (Wildman–Crippen MR) is 168 cm³/mol. The van der Waals surface area contributed by atoms with E-state index in [-0.39, 0.29) is 29.7 Å². The van der Waals surface area contributed by atoms with Gasteiger partial charge in [-0.05, 0) is 76.0 Å². The Hall–Kier alpha value is -3.53. The molecule has 1 fully saturated rings. The summed E-state index contributed by atoms with van der Waals surface area (Å²) < 4.78 is 20.0. The smallest absolute Gasteiger partial charge is 0.249 e. The van der Waals surface area contributed by atoms with Gasteiger partial charge in [0.2, 0.25) is 11.8 Å². The average Bonchev–Trinajstić information content (AvgIpc) is 3.01. The van der Waals surface area contributed by atoms with Gasteiger partial charge in [0.05, 0.1) is 23.2 Å². The molecule has 2 aliphatic heterocycles. The summed E-state index contributed by atoms with van der Waals surface area (Å²) in [5.74, 6) is -0.0236. The predicted octanol–water partition coefficient (Wildman–Crippen LogP) is 5.19. The van der Waals surface area contributed by atoms with E-state index >= 15 is 0 Å². The van der Waals surface area contributed by atoms with Gasteiger partial charge in [-0.15, -0.1) is 0 Å². The summed E-state index contributed by atoms with van der Waals surface area (Å²) >= 11 is 3.39. The highest BCUT2D eigenvalue weighted by atomic mass is 79.9. The lowest BCUT2D eigenvalue weighted by Crippen LogP contribution is -2.61. The van der Waals surface area contributed by atoms with E-state index in [1.165, 1.54) is 12.1 Å². The molecule has 9 heteroatoms. The summed E-state index contributed by atoms with van der Waals surface area (Å²) in [6, 6.07) is 21.9. The number of carbonyl (C=O) groups is 2. The monoisotopic (exact) mass is 649 g/mol. The largest absolute Gasteiger partial charge is 0.492 e. The molecule has 7 nitrogen and oxygen atoms in total. The van der Waals surface area contributed by atoms with Gasteiger partial charge in [-0.2, -0.15) is 0 Å². The van der Waals surface area contributed by atoms with Gasteiger partial charge < -0.3 is 25.4 Å². The quantitative estimate of drug-likeness (QED) is 0.249. The standard InChI is InChI=1S/C34H37BrFN3O4/c1-22(40)39-20-27-19-28(24-11-9-23(10-12-24)6-5-17-43-32-18-26(36)13-14-29(32)35)33(30(21-39)38-27)34(42)37-16-15-31(41)25-7-3-2-4-8-25/h2-4,7-14,18,27,30-31,38,41H,5-6,15-17,19-21H2,1H3,(H,37,42)/t27?,30?,31-/m0/s1. The van der Waals surface area contributed by atoms with Crippen molar-refractivity contribution in [2.45, 2.75) is 50.8 Å². The Morgan fingerprint density at radius 2 is 1.88 bits per heavy atom. The van der Waals surface area contributed by atoms with E-state index in [9.17, 15) is 19.1 Å². The van der Waals surface area contributed by atoms with Crippen molar-refractivity contribution in [3.05, 3.63) is 105 Å². The molecule has 226 valence electrons. The van der Waals surface area contributed by atoms with Crippen LogP contribution >= 0.6 is 15.9 Å². The van der Waals surface area contributed by atoms with E-state index in [1.807, 2.05) is 35.2 Å². The number of aliphatic hydroxyl groups is 1. The minimum absolute atomic E-state index is 0.00350. The Balaban J connectivity index is 1.26. The number of ether oxygens (including phenoxy) is 1. The molecule has 3 atom stereocenters. The highest BCUT2D eigenvalue weighted by Crippen LogP contribution is 2.33. The highest BCUT2D eigenvalue weighted by molar-refractivity contribution is 9.10. The Labute approximate surface area is 260 Å². The van der Waals surface area contributed by atoms with Crippen molar-refractivity contribution in [2.24, 2.45) is 0 Å². The summed E-state index contributed by atoms with van der Waals surface area (Å²) in [4.78, 5) is 27.7. The molecular formula is C34H37BrFN3O4. The lowest BCUT2D eigenvalue weighted by Gasteiger charge is -2.44. The number of carbonyl (C=O) groups excluding carboxylic acids is 2. The molecule has 2 amide bonds. The molecular weight excluding hydrogens is 613 g/mol. The fraction of sp³-hybridized carbons (Fsp3) is 0.353. The van der Waals surface area contributed by atoms with Gasteiger partial charge >= 0.3 is 0 Å². The van der Waals surface area contributed by atoms with Crippen molar-refractivity contribution in [1.82, 2.24) is 15.5 Å². The van der Waals surface area contributed by atoms with E-state index in [0.29, 0.717) is 50.4 Å². The van der Waals surface area contributed by atoms with Crippen LogP contribution in [0.5, 0.6) is 5.75 Å². The van der Waals surface area contributed by atoms with E-state index in [4.69, 9.17) is 4.74 Å². The van der Waals surface area contributed by atoms with Gasteiger partial charge in [-0.25, -0.2) is 4.39 Å². The third kappa shape index (κ3) is 7.90. The molecule has 0 spiro atoms.